The number of esters is 1. The maximum absolute atomic E-state index is 11.2. The lowest BCUT2D eigenvalue weighted by Crippen LogP contribution is -2.30. The van der Waals surface area contributed by atoms with Gasteiger partial charge in [-0.25, -0.2) is 0 Å². The molecule has 0 aliphatic heterocycles. The number of nitrogens with one attached hydrogen (secondary N) is 1. The maximum Gasteiger partial charge on any atom is 0.307 e. The van der Waals surface area contributed by atoms with E-state index in [2.05, 4.69) is 5.32 Å². The highest BCUT2D eigenvalue weighted by molar-refractivity contribution is 5.69. The fraction of sp³-hybridized carbons (Fsp3) is 0.917. The molecular formula is C12H25NO4. The normalized spacial score (nSPS) is 12.4. The molecule has 102 valence electrons. The van der Waals surface area contributed by atoms with E-state index in [0.717, 1.165) is 13.0 Å². The molecule has 0 aliphatic rings. The quantitative estimate of drug-likeness (QED) is 0.435. The molecule has 0 aromatic heterocycles. The van der Waals surface area contributed by atoms with Crippen molar-refractivity contribution in [2.45, 2.75) is 32.7 Å². The van der Waals surface area contributed by atoms with Crippen LogP contribution in [0, 0.1) is 0 Å². The van der Waals surface area contributed by atoms with Gasteiger partial charge in [0, 0.05) is 19.8 Å². The molecule has 1 unspecified atom stereocenters. The molecule has 0 aliphatic carbocycles. The van der Waals surface area contributed by atoms with E-state index in [-0.39, 0.29) is 12.0 Å². The summed E-state index contributed by atoms with van der Waals surface area (Å²) in [5, 5.41) is 3.25. The van der Waals surface area contributed by atoms with Crippen LogP contribution in [0.3, 0.4) is 0 Å². The number of hydrogen-bond acceptors (Lipinski definition) is 5. The second kappa shape index (κ2) is 11.8. The van der Waals surface area contributed by atoms with Gasteiger partial charge in [0.1, 0.15) is 0 Å². The van der Waals surface area contributed by atoms with Crippen molar-refractivity contribution in [1.29, 1.82) is 0 Å². The summed E-state index contributed by atoms with van der Waals surface area (Å²) in [4.78, 5) is 11.2. The van der Waals surface area contributed by atoms with Crippen molar-refractivity contribution < 1.29 is 19.0 Å². The van der Waals surface area contributed by atoms with Gasteiger partial charge >= 0.3 is 5.97 Å². The van der Waals surface area contributed by atoms with Crippen molar-refractivity contribution in [3.8, 4) is 0 Å². The Kier molecular flexibility index (Phi) is 11.4. The average molecular weight is 247 g/mol. The molecule has 0 amide bonds. The van der Waals surface area contributed by atoms with Gasteiger partial charge in [0.15, 0.2) is 0 Å². The Morgan fingerprint density at radius 1 is 1.29 bits per heavy atom. The molecule has 1 atom stereocenters. The van der Waals surface area contributed by atoms with Crippen molar-refractivity contribution in [3.05, 3.63) is 0 Å². The van der Waals surface area contributed by atoms with Gasteiger partial charge in [0.2, 0.25) is 0 Å². The minimum absolute atomic E-state index is 0.146. The highest BCUT2D eigenvalue weighted by atomic mass is 16.5. The third-order valence-electron chi connectivity index (χ3n) is 2.17. The number of hydrogen-bond donors (Lipinski definition) is 1. The summed E-state index contributed by atoms with van der Waals surface area (Å²) >= 11 is 0. The second-order valence-corrected chi connectivity index (χ2v) is 3.82. The summed E-state index contributed by atoms with van der Waals surface area (Å²) in [6, 6.07) is 0.146. The van der Waals surface area contributed by atoms with Gasteiger partial charge in [-0.15, -0.1) is 0 Å². The zero-order valence-electron chi connectivity index (χ0n) is 11.2. The smallest absolute Gasteiger partial charge is 0.307 e. The lowest BCUT2D eigenvalue weighted by Gasteiger charge is -2.12. The van der Waals surface area contributed by atoms with Crippen molar-refractivity contribution in [1.82, 2.24) is 5.32 Å². The molecule has 0 aromatic rings. The molecule has 0 rings (SSSR count). The van der Waals surface area contributed by atoms with E-state index < -0.39 is 0 Å². The molecule has 0 fully saturated rings. The monoisotopic (exact) mass is 247 g/mol. The predicted molar refractivity (Wildman–Crippen MR) is 66.0 cm³/mol. The van der Waals surface area contributed by atoms with Crippen molar-refractivity contribution in [3.63, 3.8) is 0 Å². The summed E-state index contributed by atoms with van der Waals surface area (Å²) in [5.74, 6) is -0.149. The summed E-state index contributed by atoms with van der Waals surface area (Å²) < 4.78 is 15.0. The van der Waals surface area contributed by atoms with Crippen LogP contribution in [0.5, 0.6) is 0 Å². The largest absolute Gasteiger partial charge is 0.466 e. The van der Waals surface area contributed by atoms with Crippen LogP contribution in [-0.2, 0) is 19.0 Å². The highest BCUT2D eigenvalue weighted by Gasteiger charge is 2.08. The zero-order chi connectivity index (χ0) is 12.9. The Hall–Kier alpha value is -0.650. The maximum atomic E-state index is 11.2. The van der Waals surface area contributed by atoms with Crippen LogP contribution in [0.1, 0.15) is 26.7 Å². The summed E-state index contributed by atoms with van der Waals surface area (Å²) in [6.07, 6.45) is 1.34. The standard InChI is InChI=1S/C12H25NO4/c1-4-17-12(14)10-11(2)13-6-5-7-16-9-8-15-3/h11,13H,4-10H2,1-3H3. The number of carbonyl (C=O) groups excluding carboxylic acids is 1. The first kappa shape index (κ1) is 16.4. The van der Waals surface area contributed by atoms with Crippen molar-refractivity contribution in [2.24, 2.45) is 0 Å². The van der Waals surface area contributed by atoms with E-state index >= 15 is 0 Å². The number of ether oxygens (including phenoxy) is 3. The fourth-order valence-electron chi connectivity index (χ4n) is 1.31. The van der Waals surface area contributed by atoms with Gasteiger partial charge in [-0.1, -0.05) is 0 Å². The Bertz CT molecular complexity index is 187. The SMILES string of the molecule is CCOC(=O)CC(C)NCCCOCCOC. The van der Waals surface area contributed by atoms with Gasteiger partial charge in [0.25, 0.3) is 0 Å². The van der Waals surface area contributed by atoms with E-state index in [0.29, 0.717) is 32.8 Å². The van der Waals surface area contributed by atoms with Crippen molar-refractivity contribution >= 4 is 5.97 Å². The van der Waals surface area contributed by atoms with Gasteiger partial charge in [-0.3, -0.25) is 4.79 Å². The molecule has 0 heterocycles. The molecule has 1 N–H and O–H groups in total. The van der Waals surface area contributed by atoms with Crippen LogP contribution >= 0.6 is 0 Å². The van der Waals surface area contributed by atoms with Gasteiger partial charge < -0.3 is 19.5 Å². The minimum atomic E-state index is -0.149. The van der Waals surface area contributed by atoms with Crippen LogP contribution in [0.4, 0.5) is 0 Å². The first-order valence-electron chi connectivity index (χ1n) is 6.16. The number of methoxy groups -OCH3 is 1. The van der Waals surface area contributed by atoms with Crippen LogP contribution < -0.4 is 5.32 Å². The van der Waals surface area contributed by atoms with E-state index in [9.17, 15) is 4.79 Å². The molecule has 0 saturated carbocycles. The molecule has 0 spiro atoms. The number of carbonyl (C=O) groups is 1. The highest BCUT2D eigenvalue weighted by Crippen LogP contribution is 1.94. The summed E-state index contributed by atoms with van der Waals surface area (Å²) in [5.41, 5.74) is 0. The molecule has 0 saturated heterocycles. The van der Waals surface area contributed by atoms with Gasteiger partial charge in [0.05, 0.1) is 26.2 Å². The third-order valence-corrected chi connectivity index (χ3v) is 2.17. The van der Waals surface area contributed by atoms with E-state index in [1.807, 2.05) is 13.8 Å². The number of rotatable bonds is 11. The fourth-order valence-corrected chi connectivity index (χ4v) is 1.31. The third kappa shape index (κ3) is 11.6. The average Bonchev–Trinajstić information content (AvgIpc) is 2.28. The molecular weight excluding hydrogens is 222 g/mol. The minimum Gasteiger partial charge on any atom is -0.466 e. The molecule has 17 heavy (non-hydrogen) atoms. The van der Waals surface area contributed by atoms with Crippen LogP contribution in [0.25, 0.3) is 0 Å². The van der Waals surface area contributed by atoms with Gasteiger partial charge in [-0.2, -0.15) is 0 Å². The molecule has 5 nitrogen and oxygen atoms in total. The zero-order valence-corrected chi connectivity index (χ0v) is 11.2. The first-order valence-corrected chi connectivity index (χ1v) is 6.16. The summed E-state index contributed by atoms with van der Waals surface area (Å²) in [7, 11) is 1.65. The Labute approximate surface area is 104 Å². The molecule has 0 radical (unpaired) electrons. The van der Waals surface area contributed by atoms with E-state index in [1.54, 1.807) is 7.11 Å². The Balaban J connectivity index is 3.27. The molecule has 0 aromatic carbocycles. The van der Waals surface area contributed by atoms with Crippen molar-refractivity contribution in [2.75, 3.05) is 40.1 Å². The van der Waals surface area contributed by atoms with Crippen LogP contribution in [0.2, 0.25) is 0 Å². The Morgan fingerprint density at radius 3 is 2.71 bits per heavy atom. The second-order valence-electron chi connectivity index (χ2n) is 3.82. The van der Waals surface area contributed by atoms with E-state index in [1.165, 1.54) is 0 Å². The van der Waals surface area contributed by atoms with Crippen LogP contribution in [0.15, 0.2) is 0 Å². The van der Waals surface area contributed by atoms with E-state index in [4.69, 9.17) is 14.2 Å². The lowest BCUT2D eigenvalue weighted by molar-refractivity contribution is -0.143. The predicted octanol–water partition coefficient (Wildman–Crippen LogP) is 0.971. The Morgan fingerprint density at radius 2 is 2.06 bits per heavy atom. The molecule has 0 bridgehead atoms. The summed E-state index contributed by atoms with van der Waals surface area (Å²) in [6.45, 7) is 7.05. The van der Waals surface area contributed by atoms with Crippen LogP contribution in [-0.4, -0.2) is 52.1 Å². The first-order chi connectivity index (χ1) is 8.20. The topological polar surface area (TPSA) is 56.8 Å². The lowest BCUT2D eigenvalue weighted by atomic mass is 10.2. The van der Waals surface area contributed by atoms with Gasteiger partial charge in [-0.05, 0) is 26.8 Å². The molecule has 5 heteroatoms.